The number of sulfonamides is 1. The number of rotatable bonds is 7. The molecule has 0 aromatic heterocycles. The summed E-state index contributed by atoms with van der Waals surface area (Å²) in [6, 6.07) is 5.84. The molecule has 0 heterocycles. The van der Waals surface area contributed by atoms with Gasteiger partial charge in [0.1, 0.15) is 0 Å². The van der Waals surface area contributed by atoms with Crippen LogP contribution in [0, 0.1) is 5.92 Å². The first-order valence-electron chi connectivity index (χ1n) is 7.26. The van der Waals surface area contributed by atoms with E-state index in [1.165, 1.54) is 24.3 Å². The Kier molecular flexibility index (Phi) is 6.52. The molecular weight excluding hydrogens is 302 g/mol. The van der Waals surface area contributed by atoms with E-state index < -0.39 is 10.0 Å². The fourth-order valence-electron chi connectivity index (χ4n) is 1.70. The standard InChI is InChI=1S/C15H25N3O3S/c1-11(2)10-17-22(20,21)14-7-5-13(6-8-14)15(19)18(4)12(3)9-16/h5-8,11-12,17H,9-10,16H2,1-4H3. The van der Waals surface area contributed by atoms with Gasteiger partial charge in [-0.15, -0.1) is 0 Å². The molecule has 0 fully saturated rings. The van der Waals surface area contributed by atoms with Gasteiger partial charge >= 0.3 is 0 Å². The third-order valence-corrected chi connectivity index (χ3v) is 4.86. The van der Waals surface area contributed by atoms with E-state index in [-0.39, 0.29) is 22.8 Å². The molecule has 1 aromatic carbocycles. The summed E-state index contributed by atoms with van der Waals surface area (Å²) in [5.74, 6) is 0.0408. The predicted molar refractivity (Wildman–Crippen MR) is 87.1 cm³/mol. The minimum atomic E-state index is -3.53. The van der Waals surface area contributed by atoms with Crippen LogP contribution in [0.1, 0.15) is 31.1 Å². The van der Waals surface area contributed by atoms with Crippen LogP contribution >= 0.6 is 0 Å². The number of benzene rings is 1. The van der Waals surface area contributed by atoms with Crippen LogP contribution < -0.4 is 10.5 Å². The van der Waals surface area contributed by atoms with Gasteiger partial charge in [0.05, 0.1) is 4.90 Å². The van der Waals surface area contributed by atoms with Crippen molar-refractivity contribution < 1.29 is 13.2 Å². The maximum absolute atomic E-state index is 12.2. The highest BCUT2D eigenvalue weighted by Crippen LogP contribution is 2.13. The van der Waals surface area contributed by atoms with Crippen LogP contribution in [0.25, 0.3) is 0 Å². The molecule has 0 aliphatic carbocycles. The first-order valence-corrected chi connectivity index (χ1v) is 8.74. The number of carbonyl (C=O) groups excluding carboxylic acids is 1. The Labute approximate surface area is 132 Å². The second kappa shape index (κ2) is 7.71. The van der Waals surface area contributed by atoms with Crippen molar-refractivity contribution in [1.29, 1.82) is 0 Å². The first kappa shape index (κ1) is 18.6. The van der Waals surface area contributed by atoms with Gasteiger partial charge in [-0.2, -0.15) is 0 Å². The van der Waals surface area contributed by atoms with Gasteiger partial charge in [-0.1, -0.05) is 13.8 Å². The topological polar surface area (TPSA) is 92.5 Å². The number of nitrogens with one attached hydrogen (secondary N) is 1. The van der Waals surface area contributed by atoms with E-state index in [1.54, 1.807) is 11.9 Å². The molecule has 0 spiro atoms. The number of hydrogen-bond donors (Lipinski definition) is 2. The number of hydrogen-bond acceptors (Lipinski definition) is 4. The Bertz CT molecular complexity index is 597. The maximum Gasteiger partial charge on any atom is 0.253 e. The number of nitrogens with zero attached hydrogens (tertiary/aromatic N) is 1. The zero-order valence-electron chi connectivity index (χ0n) is 13.5. The average molecular weight is 327 g/mol. The normalized spacial score (nSPS) is 13.2. The lowest BCUT2D eigenvalue weighted by atomic mass is 10.2. The Balaban J connectivity index is 2.89. The quantitative estimate of drug-likeness (QED) is 0.782. The predicted octanol–water partition coefficient (Wildman–Crippen LogP) is 1.04. The molecule has 1 aromatic rings. The van der Waals surface area contributed by atoms with Crippen molar-refractivity contribution in [3.8, 4) is 0 Å². The van der Waals surface area contributed by atoms with Crippen molar-refractivity contribution in [2.75, 3.05) is 20.1 Å². The van der Waals surface area contributed by atoms with Crippen LogP contribution in [0.2, 0.25) is 0 Å². The van der Waals surface area contributed by atoms with E-state index >= 15 is 0 Å². The first-order chi connectivity index (χ1) is 10.2. The summed E-state index contributed by atoms with van der Waals surface area (Å²) in [7, 11) is -1.86. The lowest BCUT2D eigenvalue weighted by Gasteiger charge is -2.23. The van der Waals surface area contributed by atoms with Crippen molar-refractivity contribution in [1.82, 2.24) is 9.62 Å². The molecular formula is C15H25N3O3S. The van der Waals surface area contributed by atoms with E-state index in [1.807, 2.05) is 20.8 Å². The van der Waals surface area contributed by atoms with E-state index in [0.717, 1.165) is 0 Å². The number of amides is 1. The van der Waals surface area contributed by atoms with Gasteiger partial charge in [0.25, 0.3) is 5.91 Å². The summed E-state index contributed by atoms with van der Waals surface area (Å²) in [5.41, 5.74) is 5.98. The Morgan fingerprint density at radius 2 is 1.77 bits per heavy atom. The lowest BCUT2D eigenvalue weighted by molar-refractivity contribution is 0.0748. The van der Waals surface area contributed by atoms with Gasteiger partial charge in [0.15, 0.2) is 0 Å². The van der Waals surface area contributed by atoms with Crippen LogP contribution in [0.3, 0.4) is 0 Å². The van der Waals surface area contributed by atoms with Crippen molar-refractivity contribution in [2.45, 2.75) is 31.7 Å². The molecule has 3 N–H and O–H groups in total. The molecule has 1 unspecified atom stereocenters. The van der Waals surface area contributed by atoms with Gasteiger partial charge in [-0.05, 0) is 37.1 Å². The monoisotopic (exact) mass is 327 g/mol. The highest BCUT2D eigenvalue weighted by molar-refractivity contribution is 7.89. The van der Waals surface area contributed by atoms with Crippen molar-refractivity contribution in [3.05, 3.63) is 29.8 Å². The molecule has 7 heteroatoms. The molecule has 0 saturated carbocycles. The molecule has 124 valence electrons. The SMILES string of the molecule is CC(C)CNS(=O)(=O)c1ccc(C(=O)N(C)C(C)CN)cc1. The third kappa shape index (κ3) is 4.79. The lowest BCUT2D eigenvalue weighted by Crippen LogP contribution is -2.39. The highest BCUT2D eigenvalue weighted by Gasteiger charge is 2.18. The fraction of sp³-hybridized carbons (Fsp3) is 0.533. The second-order valence-corrected chi connectivity index (χ2v) is 7.54. The van der Waals surface area contributed by atoms with Crippen LogP contribution in [0.4, 0.5) is 0 Å². The van der Waals surface area contributed by atoms with Gasteiger partial charge in [-0.3, -0.25) is 4.79 Å². The van der Waals surface area contributed by atoms with Gasteiger partial charge < -0.3 is 10.6 Å². The van der Waals surface area contributed by atoms with Gasteiger partial charge in [0, 0.05) is 31.7 Å². The molecule has 0 aliphatic heterocycles. The van der Waals surface area contributed by atoms with Gasteiger partial charge in [0.2, 0.25) is 10.0 Å². The minimum Gasteiger partial charge on any atom is -0.338 e. The second-order valence-electron chi connectivity index (χ2n) is 5.77. The van der Waals surface area contributed by atoms with E-state index in [4.69, 9.17) is 5.73 Å². The van der Waals surface area contributed by atoms with E-state index in [9.17, 15) is 13.2 Å². The van der Waals surface area contributed by atoms with E-state index in [2.05, 4.69) is 4.72 Å². The zero-order valence-corrected chi connectivity index (χ0v) is 14.4. The summed E-state index contributed by atoms with van der Waals surface area (Å²) < 4.78 is 26.7. The molecule has 1 atom stereocenters. The molecule has 0 bridgehead atoms. The molecule has 0 saturated heterocycles. The summed E-state index contributed by atoms with van der Waals surface area (Å²) in [6.07, 6.45) is 0. The fourth-order valence-corrected chi connectivity index (χ4v) is 2.91. The van der Waals surface area contributed by atoms with Crippen LogP contribution in [0.15, 0.2) is 29.2 Å². The Morgan fingerprint density at radius 3 is 2.23 bits per heavy atom. The smallest absolute Gasteiger partial charge is 0.253 e. The largest absolute Gasteiger partial charge is 0.338 e. The van der Waals surface area contributed by atoms with Crippen LogP contribution in [0.5, 0.6) is 0 Å². The molecule has 0 radical (unpaired) electrons. The van der Waals surface area contributed by atoms with E-state index in [0.29, 0.717) is 18.7 Å². The summed E-state index contributed by atoms with van der Waals surface area (Å²) in [5, 5.41) is 0. The summed E-state index contributed by atoms with van der Waals surface area (Å²) in [6.45, 7) is 6.46. The molecule has 1 rings (SSSR count). The molecule has 6 nitrogen and oxygen atoms in total. The number of nitrogens with two attached hydrogens (primary N) is 1. The molecule has 22 heavy (non-hydrogen) atoms. The Morgan fingerprint density at radius 1 is 1.23 bits per heavy atom. The number of carbonyl (C=O) groups is 1. The third-order valence-electron chi connectivity index (χ3n) is 3.42. The maximum atomic E-state index is 12.2. The molecule has 1 amide bonds. The molecule has 0 aliphatic rings. The zero-order chi connectivity index (χ0) is 16.9. The summed E-state index contributed by atoms with van der Waals surface area (Å²) in [4.78, 5) is 13.9. The Hall–Kier alpha value is -1.44. The van der Waals surface area contributed by atoms with Crippen molar-refractivity contribution in [3.63, 3.8) is 0 Å². The van der Waals surface area contributed by atoms with Crippen molar-refractivity contribution >= 4 is 15.9 Å². The van der Waals surface area contributed by atoms with Crippen LogP contribution in [-0.2, 0) is 10.0 Å². The van der Waals surface area contributed by atoms with Gasteiger partial charge in [-0.25, -0.2) is 13.1 Å². The van der Waals surface area contributed by atoms with Crippen LogP contribution in [-0.4, -0.2) is 45.4 Å². The minimum absolute atomic E-state index is 0.0800. The van der Waals surface area contributed by atoms with Crippen molar-refractivity contribution in [2.24, 2.45) is 11.7 Å². The average Bonchev–Trinajstić information content (AvgIpc) is 2.51. The highest BCUT2D eigenvalue weighted by atomic mass is 32.2. The number of likely N-dealkylation sites (N-methyl/N-ethyl adjacent to an activating group) is 1. The summed E-state index contributed by atoms with van der Waals surface area (Å²) >= 11 is 0.